The molecule has 0 aromatic heterocycles. The van der Waals surface area contributed by atoms with Gasteiger partial charge < -0.3 is 10.2 Å². The largest absolute Gasteiger partial charge is 0.368 e. The van der Waals surface area contributed by atoms with Gasteiger partial charge in [-0.15, -0.1) is 0 Å². The third kappa shape index (κ3) is 2.87. The summed E-state index contributed by atoms with van der Waals surface area (Å²) >= 11 is 12.2. The Bertz CT molecular complexity index is 395. The van der Waals surface area contributed by atoms with E-state index in [0.717, 1.165) is 30.1 Å². The molecule has 1 fully saturated rings. The van der Waals surface area contributed by atoms with Crippen molar-refractivity contribution in [2.45, 2.75) is 31.8 Å². The van der Waals surface area contributed by atoms with E-state index in [1.807, 2.05) is 25.2 Å². The number of halogens is 2. The number of piperidine rings is 1. The van der Waals surface area contributed by atoms with Crippen molar-refractivity contribution in [3.63, 3.8) is 0 Å². The average Bonchev–Trinajstić information content (AvgIpc) is 2.30. The number of nitrogens with one attached hydrogen (secondary N) is 1. The number of rotatable bonds is 2. The minimum atomic E-state index is 0.500. The molecule has 17 heavy (non-hydrogen) atoms. The van der Waals surface area contributed by atoms with Gasteiger partial charge >= 0.3 is 0 Å². The van der Waals surface area contributed by atoms with Crippen molar-refractivity contribution in [1.29, 1.82) is 0 Å². The van der Waals surface area contributed by atoms with Gasteiger partial charge in [-0.2, -0.15) is 0 Å². The zero-order valence-corrected chi connectivity index (χ0v) is 11.7. The van der Waals surface area contributed by atoms with E-state index >= 15 is 0 Å². The maximum atomic E-state index is 6.26. The van der Waals surface area contributed by atoms with Crippen molar-refractivity contribution in [2.75, 3.05) is 18.5 Å². The van der Waals surface area contributed by atoms with Crippen LogP contribution in [0.5, 0.6) is 0 Å². The highest BCUT2D eigenvalue weighted by Crippen LogP contribution is 2.32. The predicted molar refractivity (Wildman–Crippen MR) is 75.4 cm³/mol. The van der Waals surface area contributed by atoms with Gasteiger partial charge in [-0.1, -0.05) is 23.2 Å². The third-order valence-corrected chi connectivity index (χ3v) is 4.04. The molecule has 4 heteroatoms. The zero-order valence-electron chi connectivity index (χ0n) is 10.2. The molecule has 1 N–H and O–H groups in total. The Kier molecular flexibility index (Phi) is 4.18. The summed E-state index contributed by atoms with van der Waals surface area (Å²) in [6.45, 7) is 3.28. The zero-order chi connectivity index (χ0) is 12.4. The molecule has 0 amide bonds. The molecule has 0 saturated carbocycles. The lowest BCUT2D eigenvalue weighted by atomic mass is 9.98. The van der Waals surface area contributed by atoms with Crippen LogP contribution < -0.4 is 10.2 Å². The summed E-state index contributed by atoms with van der Waals surface area (Å²) in [5, 5.41) is 4.78. The lowest BCUT2D eigenvalue weighted by Gasteiger charge is -2.39. The summed E-state index contributed by atoms with van der Waals surface area (Å²) in [5.74, 6) is 0. The minimum Gasteiger partial charge on any atom is -0.368 e. The predicted octanol–water partition coefficient (Wildman–Crippen LogP) is 3.57. The van der Waals surface area contributed by atoms with Gasteiger partial charge in [0.1, 0.15) is 0 Å². The second-order valence-corrected chi connectivity index (χ2v) is 5.49. The average molecular weight is 273 g/mol. The van der Waals surface area contributed by atoms with Crippen LogP contribution in [-0.4, -0.2) is 25.7 Å². The summed E-state index contributed by atoms with van der Waals surface area (Å²) in [7, 11) is 2.03. The number of hydrogen-bond donors (Lipinski definition) is 1. The first-order valence-electron chi connectivity index (χ1n) is 6.00. The Balaban J connectivity index is 2.17. The fourth-order valence-electron chi connectivity index (χ4n) is 2.51. The maximum absolute atomic E-state index is 6.26. The van der Waals surface area contributed by atoms with Crippen LogP contribution in [0.3, 0.4) is 0 Å². The summed E-state index contributed by atoms with van der Waals surface area (Å²) in [6.07, 6.45) is 2.30. The summed E-state index contributed by atoms with van der Waals surface area (Å²) in [5.41, 5.74) is 1.10. The van der Waals surface area contributed by atoms with E-state index in [1.165, 1.54) is 0 Å². The van der Waals surface area contributed by atoms with E-state index in [1.54, 1.807) is 0 Å². The van der Waals surface area contributed by atoms with Crippen molar-refractivity contribution in [3.05, 3.63) is 28.2 Å². The first-order valence-corrected chi connectivity index (χ1v) is 6.76. The number of nitrogens with zero attached hydrogens (tertiary/aromatic N) is 1. The van der Waals surface area contributed by atoms with Gasteiger partial charge in [0.15, 0.2) is 0 Å². The van der Waals surface area contributed by atoms with E-state index < -0.39 is 0 Å². The fourth-order valence-corrected chi connectivity index (χ4v) is 3.02. The Labute approximate surface area is 113 Å². The summed E-state index contributed by atoms with van der Waals surface area (Å²) in [6, 6.07) is 6.85. The molecule has 2 nitrogen and oxygen atoms in total. The molecule has 94 valence electrons. The first kappa shape index (κ1) is 13.0. The molecular weight excluding hydrogens is 255 g/mol. The molecular formula is C13H18Cl2N2. The van der Waals surface area contributed by atoms with Crippen LogP contribution in [0.1, 0.15) is 19.8 Å². The van der Waals surface area contributed by atoms with Gasteiger partial charge in [0.05, 0.1) is 10.7 Å². The molecule has 1 aliphatic rings. The van der Waals surface area contributed by atoms with Crippen LogP contribution in [0.2, 0.25) is 10.0 Å². The maximum Gasteiger partial charge on any atom is 0.0654 e. The molecule has 2 atom stereocenters. The van der Waals surface area contributed by atoms with Crippen LogP contribution in [-0.2, 0) is 0 Å². The second-order valence-electron chi connectivity index (χ2n) is 4.65. The van der Waals surface area contributed by atoms with E-state index in [2.05, 4.69) is 17.1 Å². The molecule has 0 aliphatic carbocycles. The molecule has 1 aromatic carbocycles. The molecule has 2 rings (SSSR count). The highest BCUT2D eigenvalue weighted by atomic mass is 35.5. The van der Waals surface area contributed by atoms with Crippen molar-refractivity contribution in [1.82, 2.24) is 5.32 Å². The van der Waals surface area contributed by atoms with E-state index in [0.29, 0.717) is 17.1 Å². The Hall–Kier alpha value is -0.440. The van der Waals surface area contributed by atoms with Gasteiger partial charge in [0.25, 0.3) is 0 Å². The monoisotopic (exact) mass is 272 g/mol. The van der Waals surface area contributed by atoms with Crippen LogP contribution in [0.15, 0.2) is 18.2 Å². The van der Waals surface area contributed by atoms with Gasteiger partial charge in [-0.05, 0) is 45.0 Å². The third-order valence-electron chi connectivity index (χ3n) is 3.50. The smallest absolute Gasteiger partial charge is 0.0654 e. The Morgan fingerprint density at radius 2 is 2.12 bits per heavy atom. The number of anilines is 1. The van der Waals surface area contributed by atoms with Crippen LogP contribution in [0, 0.1) is 0 Å². The molecule has 0 bridgehead atoms. The molecule has 2 unspecified atom stereocenters. The highest BCUT2D eigenvalue weighted by molar-refractivity contribution is 6.36. The topological polar surface area (TPSA) is 15.3 Å². The van der Waals surface area contributed by atoms with Crippen molar-refractivity contribution in [3.8, 4) is 0 Å². The van der Waals surface area contributed by atoms with Crippen molar-refractivity contribution in [2.24, 2.45) is 0 Å². The summed E-state index contributed by atoms with van der Waals surface area (Å²) < 4.78 is 0. The molecule has 1 saturated heterocycles. The summed E-state index contributed by atoms with van der Waals surface area (Å²) in [4.78, 5) is 2.37. The van der Waals surface area contributed by atoms with Crippen LogP contribution in [0.25, 0.3) is 0 Å². The molecule has 1 aromatic rings. The van der Waals surface area contributed by atoms with Crippen LogP contribution in [0.4, 0.5) is 5.69 Å². The lowest BCUT2D eigenvalue weighted by molar-refractivity contribution is 0.387. The first-order chi connectivity index (χ1) is 8.11. The van der Waals surface area contributed by atoms with Crippen LogP contribution >= 0.6 is 23.2 Å². The Morgan fingerprint density at radius 3 is 2.71 bits per heavy atom. The second kappa shape index (κ2) is 5.47. The van der Waals surface area contributed by atoms with E-state index in [4.69, 9.17) is 23.2 Å². The molecule has 1 heterocycles. The quantitative estimate of drug-likeness (QED) is 0.886. The van der Waals surface area contributed by atoms with Gasteiger partial charge in [-0.25, -0.2) is 0 Å². The minimum absolute atomic E-state index is 0.500. The molecule has 0 spiro atoms. The van der Waals surface area contributed by atoms with Crippen molar-refractivity contribution >= 4 is 28.9 Å². The number of benzene rings is 1. The SMILES string of the molecule is CNC1CCN(c2ccc(Cl)cc2Cl)C(C)C1. The fraction of sp³-hybridized carbons (Fsp3) is 0.538. The molecule has 1 aliphatic heterocycles. The normalized spacial score (nSPS) is 25.1. The Morgan fingerprint density at radius 1 is 1.35 bits per heavy atom. The van der Waals surface area contributed by atoms with Gasteiger partial charge in [0, 0.05) is 23.7 Å². The van der Waals surface area contributed by atoms with Crippen molar-refractivity contribution < 1.29 is 0 Å². The lowest BCUT2D eigenvalue weighted by Crippen LogP contribution is -2.46. The highest BCUT2D eigenvalue weighted by Gasteiger charge is 2.25. The molecule has 0 radical (unpaired) electrons. The van der Waals surface area contributed by atoms with E-state index in [-0.39, 0.29) is 0 Å². The standard InChI is InChI=1S/C13H18Cl2N2/c1-9-7-11(16-2)5-6-17(9)13-4-3-10(14)8-12(13)15/h3-4,8-9,11,16H,5-7H2,1-2H3. The van der Waals surface area contributed by atoms with E-state index in [9.17, 15) is 0 Å². The number of hydrogen-bond acceptors (Lipinski definition) is 2. The van der Waals surface area contributed by atoms with Gasteiger partial charge in [0.2, 0.25) is 0 Å². The van der Waals surface area contributed by atoms with Gasteiger partial charge in [-0.3, -0.25) is 0 Å².